The van der Waals surface area contributed by atoms with Crippen molar-refractivity contribution >= 4 is 17.1 Å². The monoisotopic (exact) mass is 224 g/mol. The van der Waals surface area contributed by atoms with E-state index in [-0.39, 0.29) is 11.4 Å². The van der Waals surface area contributed by atoms with Crippen LogP contribution in [0.5, 0.6) is 0 Å². The Morgan fingerprint density at radius 2 is 1.62 bits per heavy atom. The summed E-state index contributed by atoms with van der Waals surface area (Å²) in [6.07, 6.45) is 0.580. The fraction of sp³-hybridized carbons (Fsp3) is 0.222. The molecule has 0 saturated heterocycles. The highest BCUT2D eigenvalue weighted by Crippen LogP contribution is 2.25. The van der Waals surface area contributed by atoms with E-state index in [1.54, 1.807) is 0 Å². The van der Waals surface area contributed by atoms with E-state index in [4.69, 9.17) is 0 Å². The van der Waals surface area contributed by atoms with E-state index in [2.05, 4.69) is 12.2 Å². The molecule has 0 aromatic heterocycles. The van der Waals surface area contributed by atoms with Gasteiger partial charge in [0.05, 0.1) is 15.9 Å². The van der Waals surface area contributed by atoms with Gasteiger partial charge in [0.15, 0.2) is 0 Å². The highest BCUT2D eigenvalue weighted by Gasteiger charge is 2.15. The first-order valence-corrected chi connectivity index (χ1v) is 4.51. The molecule has 16 heavy (non-hydrogen) atoms. The Balaban J connectivity index is 3.08. The lowest BCUT2D eigenvalue weighted by molar-refractivity contribution is -0.394. The van der Waals surface area contributed by atoms with Crippen LogP contribution in [0.3, 0.4) is 0 Å². The van der Waals surface area contributed by atoms with E-state index in [1.165, 1.54) is 12.1 Å². The van der Waals surface area contributed by atoms with Gasteiger partial charge in [-0.2, -0.15) is 0 Å². The van der Waals surface area contributed by atoms with Crippen molar-refractivity contribution in [3.63, 3.8) is 0 Å². The van der Waals surface area contributed by atoms with Gasteiger partial charge < -0.3 is 5.32 Å². The summed E-state index contributed by atoms with van der Waals surface area (Å²) in [5.41, 5.74) is -0.258. The van der Waals surface area contributed by atoms with E-state index in [9.17, 15) is 20.2 Å². The maximum Gasteiger partial charge on any atom is 0.278 e. The second-order valence-electron chi connectivity index (χ2n) is 3.03. The van der Waals surface area contributed by atoms with Gasteiger partial charge in [0.2, 0.25) is 0 Å². The number of nitrogens with one attached hydrogen (secondary N) is 1. The molecular weight excluding hydrogens is 214 g/mol. The lowest BCUT2D eigenvalue weighted by atomic mass is 10.2. The summed E-state index contributed by atoms with van der Waals surface area (Å²) in [5, 5.41) is 23.9. The van der Waals surface area contributed by atoms with Crippen LogP contribution in [0.4, 0.5) is 17.1 Å². The summed E-state index contributed by atoms with van der Waals surface area (Å²) in [5.74, 6) is 0. The number of hydrogen-bond donors (Lipinski definition) is 1. The Hall–Kier alpha value is -2.18. The molecule has 0 fully saturated rings. The predicted molar refractivity (Wildman–Crippen MR) is 58.2 cm³/mol. The van der Waals surface area contributed by atoms with Crippen LogP contribution in [0.25, 0.3) is 0 Å². The Bertz CT molecular complexity index is 387. The van der Waals surface area contributed by atoms with Crippen molar-refractivity contribution in [3.8, 4) is 0 Å². The lowest BCUT2D eigenvalue weighted by Crippen LogP contribution is -2.01. The summed E-state index contributed by atoms with van der Waals surface area (Å²) in [7, 11) is 0. The minimum atomic E-state index is -0.664. The second-order valence-corrected chi connectivity index (χ2v) is 3.03. The molecule has 0 atom stereocenters. The lowest BCUT2D eigenvalue weighted by Gasteiger charge is -2.03. The van der Waals surface area contributed by atoms with E-state index in [0.29, 0.717) is 18.7 Å². The van der Waals surface area contributed by atoms with Gasteiger partial charge in [-0.05, 0) is 6.42 Å². The molecule has 0 aliphatic rings. The van der Waals surface area contributed by atoms with Gasteiger partial charge in [-0.25, -0.2) is 0 Å². The topological polar surface area (TPSA) is 98.3 Å². The highest BCUT2D eigenvalue weighted by atomic mass is 16.6. The number of benzene rings is 1. The molecule has 0 bridgehead atoms. The number of nitrogens with zero attached hydrogens (tertiary/aromatic N) is 2. The number of non-ortho nitro benzene ring substituents is 2. The predicted octanol–water partition coefficient (Wildman–Crippen LogP) is 2.14. The van der Waals surface area contributed by atoms with Crippen LogP contribution in [-0.2, 0) is 0 Å². The molecule has 1 radical (unpaired) electrons. The van der Waals surface area contributed by atoms with Crippen molar-refractivity contribution in [1.29, 1.82) is 0 Å². The minimum absolute atomic E-state index is 0.305. The molecule has 1 aromatic rings. The molecule has 0 unspecified atom stereocenters. The molecule has 0 saturated carbocycles. The number of nitro benzene ring substituents is 2. The fourth-order valence-corrected chi connectivity index (χ4v) is 1.14. The van der Waals surface area contributed by atoms with Gasteiger partial charge in [0, 0.05) is 24.4 Å². The van der Waals surface area contributed by atoms with Crippen LogP contribution in [0.2, 0.25) is 0 Å². The maximum atomic E-state index is 10.5. The normalized spacial score (nSPS) is 9.81. The number of rotatable bonds is 5. The van der Waals surface area contributed by atoms with Gasteiger partial charge in [-0.3, -0.25) is 20.2 Å². The van der Waals surface area contributed by atoms with Gasteiger partial charge >= 0.3 is 0 Å². The largest absolute Gasteiger partial charge is 0.385 e. The Morgan fingerprint density at radius 3 is 2.00 bits per heavy atom. The summed E-state index contributed by atoms with van der Waals surface area (Å²) in [4.78, 5) is 19.8. The first kappa shape index (κ1) is 11.9. The molecule has 85 valence electrons. The Morgan fingerprint density at radius 1 is 1.12 bits per heavy atom. The van der Waals surface area contributed by atoms with Crippen LogP contribution >= 0.6 is 0 Å². The molecule has 1 N–H and O–H groups in total. The molecule has 1 rings (SSSR count). The Kier molecular flexibility index (Phi) is 3.76. The number of hydrogen-bond acceptors (Lipinski definition) is 5. The van der Waals surface area contributed by atoms with Crippen LogP contribution in [0.15, 0.2) is 18.2 Å². The molecule has 7 heteroatoms. The van der Waals surface area contributed by atoms with E-state index >= 15 is 0 Å². The maximum absolute atomic E-state index is 10.5. The fourth-order valence-electron chi connectivity index (χ4n) is 1.14. The molecule has 0 amide bonds. The van der Waals surface area contributed by atoms with Crippen molar-refractivity contribution in [3.05, 3.63) is 45.4 Å². The summed E-state index contributed by atoms with van der Waals surface area (Å²) < 4.78 is 0. The molecule has 0 aliphatic carbocycles. The Labute approximate surface area is 91.4 Å². The van der Waals surface area contributed by atoms with Crippen LogP contribution in [-0.4, -0.2) is 16.4 Å². The molecule has 0 aliphatic heterocycles. The van der Waals surface area contributed by atoms with Crippen LogP contribution < -0.4 is 5.32 Å². The third-order valence-electron chi connectivity index (χ3n) is 1.83. The quantitative estimate of drug-likeness (QED) is 0.610. The standard InChI is InChI=1S/C9H10N3O4/c1-2-3-10-7-4-8(11(13)14)6-9(5-7)12(15)16/h4-6,10H,1-3H2. The molecule has 7 nitrogen and oxygen atoms in total. The summed E-state index contributed by atoms with van der Waals surface area (Å²) in [6.45, 7) is 4.08. The van der Waals surface area contributed by atoms with Crippen molar-refractivity contribution in [2.45, 2.75) is 6.42 Å². The molecular formula is C9H10N3O4. The van der Waals surface area contributed by atoms with E-state index in [0.717, 1.165) is 6.07 Å². The van der Waals surface area contributed by atoms with Crippen molar-refractivity contribution in [1.82, 2.24) is 0 Å². The van der Waals surface area contributed by atoms with Gasteiger partial charge in [-0.15, -0.1) is 0 Å². The third kappa shape index (κ3) is 2.91. The smallest absolute Gasteiger partial charge is 0.278 e. The third-order valence-corrected chi connectivity index (χ3v) is 1.83. The zero-order chi connectivity index (χ0) is 12.1. The van der Waals surface area contributed by atoms with Crippen molar-refractivity contribution in [2.75, 3.05) is 11.9 Å². The van der Waals surface area contributed by atoms with Gasteiger partial charge in [0.25, 0.3) is 11.4 Å². The first-order valence-electron chi connectivity index (χ1n) is 4.51. The number of anilines is 1. The summed E-state index contributed by atoms with van der Waals surface area (Å²) >= 11 is 0. The van der Waals surface area contributed by atoms with Crippen LogP contribution in [0.1, 0.15) is 6.42 Å². The zero-order valence-corrected chi connectivity index (χ0v) is 8.38. The van der Waals surface area contributed by atoms with Crippen molar-refractivity contribution < 1.29 is 9.85 Å². The first-order chi connectivity index (χ1) is 7.54. The minimum Gasteiger partial charge on any atom is -0.385 e. The van der Waals surface area contributed by atoms with E-state index < -0.39 is 9.85 Å². The molecule has 1 aromatic carbocycles. The molecule has 0 spiro atoms. The van der Waals surface area contributed by atoms with Gasteiger partial charge in [0.1, 0.15) is 0 Å². The van der Waals surface area contributed by atoms with Crippen molar-refractivity contribution in [2.24, 2.45) is 0 Å². The number of nitro groups is 2. The zero-order valence-electron chi connectivity index (χ0n) is 8.38. The van der Waals surface area contributed by atoms with E-state index in [1.807, 2.05) is 0 Å². The van der Waals surface area contributed by atoms with Gasteiger partial charge in [-0.1, -0.05) is 6.92 Å². The SMILES string of the molecule is [CH2]CCNc1cc([N+](=O)[O-])cc([N+](=O)[O-])c1. The summed E-state index contributed by atoms with van der Waals surface area (Å²) in [6, 6.07) is 3.43. The second kappa shape index (κ2) is 5.06. The average molecular weight is 224 g/mol. The van der Waals surface area contributed by atoms with Crippen LogP contribution in [0, 0.1) is 27.2 Å². The average Bonchev–Trinajstić information content (AvgIpc) is 2.25. The highest BCUT2D eigenvalue weighted by molar-refractivity contribution is 5.58. The molecule has 0 heterocycles.